The maximum absolute atomic E-state index is 12.5. The van der Waals surface area contributed by atoms with Crippen LogP contribution in [-0.4, -0.2) is 60.2 Å². The minimum atomic E-state index is -0.261. The van der Waals surface area contributed by atoms with E-state index in [4.69, 9.17) is 0 Å². The molecule has 1 saturated heterocycles. The van der Waals surface area contributed by atoms with E-state index in [1.165, 1.54) is 0 Å². The third-order valence-electron chi connectivity index (χ3n) is 4.84. The number of nitrogens with one attached hydrogen (secondary N) is 1. The molecule has 0 saturated carbocycles. The number of amides is 3. The number of benzene rings is 2. The second-order valence-electron chi connectivity index (χ2n) is 6.83. The second-order valence-corrected chi connectivity index (χ2v) is 6.83. The molecule has 0 aliphatic carbocycles. The third kappa shape index (κ3) is 5.42. The van der Waals surface area contributed by atoms with E-state index >= 15 is 0 Å². The molecule has 6 nitrogen and oxygen atoms in total. The highest BCUT2D eigenvalue weighted by molar-refractivity contribution is 5.96. The van der Waals surface area contributed by atoms with E-state index in [-0.39, 0.29) is 24.3 Å². The van der Waals surface area contributed by atoms with Gasteiger partial charge in [0, 0.05) is 31.7 Å². The largest absolute Gasteiger partial charge is 0.343 e. The number of carbonyl (C=O) groups is 3. The predicted molar refractivity (Wildman–Crippen MR) is 107 cm³/mol. The molecule has 28 heavy (non-hydrogen) atoms. The number of hydrogen-bond donors (Lipinski definition) is 1. The first kappa shape index (κ1) is 19.6. The molecule has 1 N–H and O–H groups in total. The van der Waals surface area contributed by atoms with Gasteiger partial charge in [-0.25, -0.2) is 0 Å². The molecule has 3 rings (SSSR count). The van der Waals surface area contributed by atoms with Crippen LogP contribution in [0.25, 0.3) is 0 Å². The molecule has 2 aromatic rings. The fourth-order valence-electron chi connectivity index (χ4n) is 3.26. The highest BCUT2D eigenvalue weighted by Crippen LogP contribution is 2.08. The first-order valence-corrected chi connectivity index (χ1v) is 9.56. The van der Waals surface area contributed by atoms with Gasteiger partial charge in [0.05, 0.1) is 13.0 Å². The number of rotatable bonds is 5. The maximum Gasteiger partial charge on any atom is 0.251 e. The Morgan fingerprint density at radius 3 is 1.96 bits per heavy atom. The van der Waals surface area contributed by atoms with Gasteiger partial charge in [0.15, 0.2) is 0 Å². The summed E-state index contributed by atoms with van der Waals surface area (Å²) in [5, 5.41) is 2.67. The summed E-state index contributed by atoms with van der Waals surface area (Å²) in [4.78, 5) is 40.6. The summed E-state index contributed by atoms with van der Waals surface area (Å²) in [6.07, 6.45) is 1.11. The van der Waals surface area contributed by atoms with Gasteiger partial charge in [0.1, 0.15) is 0 Å². The van der Waals surface area contributed by atoms with Gasteiger partial charge < -0.3 is 15.1 Å². The summed E-state index contributed by atoms with van der Waals surface area (Å²) in [5.74, 6) is -0.303. The van der Waals surface area contributed by atoms with Crippen LogP contribution in [0, 0.1) is 0 Å². The van der Waals surface area contributed by atoms with E-state index in [2.05, 4.69) is 5.32 Å². The summed E-state index contributed by atoms with van der Waals surface area (Å²) in [7, 11) is 0. The van der Waals surface area contributed by atoms with Crippen molar-refractivity contribution in [1.82, 2.24) is 15.1 Å². The van der Waals surface area contributed by atoms with E-state index in [0.717, 1.165) is 12.0 Å². The first-order chi connectivity index (χ1) is 13.6. The van der Waals surface area contributed by atoms with E-state index in [1.54, 1.807) is 29.2 Å². The average molecular weight is 379 g/mol. The van der Waals surface area contributed by atoms with Crippen LogP contribution >= 0.6 is 0 Å². The molecule has 6 heteroatoms. The summed E-state index contributed by atoms with van der Waals surface area (Å²) < 4.78 is 0. The normalized spacial score (nSPS) is 14.3. The van der Waals surface area contributed by atoms with Gasteiger partial charge in [-0.2, -0.15) is 0 Å². The topological polar surface area (TPSA) is 69.7 Å². The van der Waals surface area contributed by atoms with E-state index < -0.39 is 0 Å². The van der Waals surface area contributed by atoms with Crippen molar-refractivity contribution >= 4 is 17.7 Å². The summed E-state index contributed by atoms with van der Waals surface area (Å²) in [6.45, 7) is 2.21. The van der Waals surface area contributed by atoms with Crippen LogP contribution in [0.2, 0.25) is 0 Å². The smallest absolute Gasteiger partial charge is 0.251 e. The van der Waals surface area contributed by atoms with Gasteiger partial charge in [-0.05, 0) is 24.1 Å². The Balaban J connectivity index is 1.47. The molecule has 0 aromatic heterocycles. The molecule has 1 aliphatic rings. The van der Waals surface area contributed by atoms with Gasteiger partial charge in [-0.3, -0.25) is 14.4 Å². The van der Waals surface area contributed by atoms with Crippen molar-refractivity contribution in [2.45, 2.75) is 12.8 Å². The average Bonchev–Trinajstić information content (AvgIpc) is 2.99. The molecule has 1 fully saturated rings. The van der Waals surface area contributed by atoms with Crippen LogP contribution in [0.4, 0.5) is 0 Å². The van der Waals surface area contributed by atoms with Gasteiger partial charge in [-0.1, -0.05) is 48.5 Å². The fourth-order valence-corrected chi connectivity index (χ4v) is 3.26. The van der Waals surface area contributed by atoms with Crippen molar-refractivity contribution < 1.29 is 14.4 Å². The molecule has 0 bridgehead atoms. The lowest BCUT2D eigenvalue weighted by Crippen LogP contribution is -2.42. The van der Waals surface area contributed by atoms with Crippen LogP contribution in [0.3, 0.4) is 0 Å². The van der Waals surface area contributed by atoms with Crippen molar-refractivity contribution in [1.29, 1.82) is 0 Å². The molecule has 0 atom stereocenters. The Labute approximate surface area is 165 Å². The minimum Gasteiger partial charge on any atom is -0.343 e. The standard InChI is InChI=1S/C22H25N3O3/c26-20(16-18-8-3-1-4-9-18)24-12-7-13-25(15-14-24)21(27)17-23-22(28)19-10-5-2-6-11-19/h1-6,8-11H,7,12-17H2,(H,23,28). The zero-order valence-electron chi connectivity index (χ0n) is 15.8. The molecule has 0 spiro atoms. The lowest BCUT2D eigenvalue weighted by Gasteiger charge is -2.22. The van der Waals surface area contributed by atoms with E-state index in [1.807, 2.05) is 41.3 Å². The molecule has 1 heterocycles. The van der Waals surface area contributed by atoms with Crippen molar-refractivity contribution in [2.24, 2.45) is 0 Å². The van der Waals surface area contributed by atoms with Crippen LogP contribution in [0.15, 0.2) is 60.7 Å². The monoisotopic (exact) mass is 379 g/mol. The van der Waals surface area contributed by atoms with Gasteiger partial charge in [0.25, 0.3) is 5.91 Å². The molecule has 146 valence electrons. The van der Waals surface area contributed by atoms with Crippen molar-refractivity contribution in [3.8, 4) is 0 Å². The first-order valence-electron chi connectivity index (χ1n) is 9.56. The zero-order valence-corrected chi connectivity index (χ0v) is 15.8. The van der Waals surface area contributed by atoms with Crippen molar-refractivity contribution in [2.75, 3.05) is 32.7 Å². The van der Waals surface area contributed by atoms with Crippen molar-refractivity contribution in [3.05, 3.63) is 71.8 Å². The minimum absolute atomic E-state index is 0.0360. The molecule has 0 unspecified atom stereocenters. The molecule has 2 aromatic carbocycles. The van der Waals surface area contributed by atoms with Crippen LogP contribution < -0.4 is 5.32 Å². The van der Waals surface area contributed by atoms with Crippen LogP contribution in [-0.2, 0) is 16.0 Å². The van der Waals surface area contributed by atoms with Gasteiger partial charge in [0.2, 0.25) is 11.8 Å². The lowest BCUT2D eigenvalue weighted by molar-refractivity contribution is -0.132. The molecular formula is C22H25N3O3. The number of nitrogens with zero attached hydrogens (tertiary/aromatic N) is 2. The fraction of sp³-hybridized carbons (Fsp3) is 0.318. The van der Waals surface area contributed by atoms with Gasteiger partial charge in [-0.15, -0.1) is 0 Å². The lowest BCUT2D eigenvalue weighted by atomic mass is 10.1. The van der Waals surface area contributed by atoms with Gasteiger partial charge >= 0.3 is 0 Å². The third-order valence-corrected chi connectivity index (χ3v) is 4.84. The maximum atomic E-state index is 12.5. The second kappa shape index (κ2) is 9.69. The quantitative estimate of drug-likeness (QED) is 0.860. The summed E-state index contributed by atoms with van der Waals surface area (Å²) >= 11 is 0. The molecular weight excluding hydrogens is 354 g/mol. The molecule has 1 aliphatic heterocycles. The zero-order chi connectivity index (χ0) is 19.8. The SMILES string of the molecule is O=C(NCC(=O)N1CCCN(C(=O)Cc2ccccc2)CC1)c1ccccc1. The Hall–Kier alpha value is -3.15. The highest BCUT2D eigenvalue weighted by atomic mass is 16.2. The van der Waals surface area contributed by atoms with Crippen molar-refractivity contribution in [3.63, 3.8) is 0 Å². The summed E-state index contributed by atoms with van der Waals surface area (Å²) in [6, 6.07) is 18.5. The number of carbonyl (C=O) groups excluding carboxylic acids is 3. The molecule has 0 radical (unpaired) electrons. The Morgan fingerprint density at radius 2 is 1.32 bits per heavy atom. The Kier molecular flexibility index (Phi) is 6.78. The predicted octanol–water partition coefficient (Wildman–Crippen LogP) is 1.72. The molecule has 3 amide bonds. The van der Waals surface area contributed by atoms with Crippen LogP contribution in [0.5, 0.6) is 0 Å². The van der Waals surface area contributed by atoms with E-state index in [9.17, 15) is 14.4 Å². The number of hydrogen-bond acceptors (Lipinski definition) is 3. The summed E-state index contributed by atoms with van der Waals surface area (Å²) in [5.41, 5.74) is 1.53. The Bertz CT molecular complexity index is 808. The van der Waals surface area contributed by atoms with Crippen LogP contribution in [0.1, 0.15) is 22.3 Å². The van der Waals surface area contributed by atoms with E-state index in [0.29, 0.717) is 38.2 Å². The Morgan fingerprint density at radius 1 is 0.750 bits per heavy atom. The highest BCUT2D eigenvalue weighted by Gasteiger charge is 2.22.